The van der Waals surface area contributed by atoms with E-state index in [9.17, 15) is 9.00 Å². The summed E-state index contributed by atoms with van der Waals surface area (Å²) in [7, 11) is -2.76. The fourth-order valence-corrected chi connectivity index (χ4v) is 2.30. The van der Waals surface area contributed by atoms with Gasteiger partial charge in [-0.15, -0.1) is 0 Å². The lowest BCUT2D eigenvalue weighted by molar-refractivity contribution is 0.0734. The number of carbonyl (C=O) groups excluding carboxylic acids is 1. The first kappa shape index (κ1) is 14.6. The first-order valence-electron chi connectivity index (χ1n) is 5.68. The third-order valence-electron chi connectivity index (χ3n) is 2.56. The second-order valence-electron chi connectivity index (χ2n) is 4.21. The van der Waals surface area contributed by atoms with Crippen molar-refractivity contribution in [1.82, 2.24) is 0 Å². The molecular weight excluding hydrogens is 298 g/mol. The summed E-state index contributed by atoms with van der Waals surface area (Å²) in [6.07, 6.45) is 1.34. The van der Waals surface area contributed by atoms with E-state index < -0.39 is 15.7 Å². The third kappa shape index (κ3) is 3.59. The van der Waals surface area contributed by atoms with Crippen LogP contribution in [0.15, 0.2) is 53.4 Å². The molecule has 1 N–H and O–H groups in total. The van der Waals surface area contributed by atoms with Gasteiger partial charge in [0.15, 0.2) is 0 Å². The molecule has 0 radical (unpaired) electrons. The monoisotopic (exact) mass is 309 g/mol. The highest BCUT2D eigenvalue weighted by Crippen LogP contribution is 2.18. The van der Waals surface area contributed by atoms with Crippen LogP contribution < -0.4 is 4.74 Å². The average molecular weight is 310 g/mol. The molecule has 20 heavy (non-hydrogen) atoms. The quantitative estimate of drug-likeness (QED) is 0.696. The molecule has 0 saturated carbocycles. The maximum Gasteiger partial charge on any atom is 0.343 e. The number of hydrogen-bond acceptors (Lipinski definition) is 4. The van der Waals surface area contributed by atoms with Crippen molar-refractivity contribution < 1.29 is 13.7 Å². The highest BCUT2D eigenvalue weighted by atomic mass is 35.5. The first-order valence-corrected chi connectivity index (χ1v) is 8.02. The van der Waals surface area contributed by atoms with Gasteiger partial charge in [0, 0.05) is 16.2 Å². The molecule has 2 aromatic carbocycles. The molecule has 0 aliphatic heterocycles. The third-order valence-corrected chi connectivity index (χ3v) is 3.99. The molecule has 0 bridgehead atoms. The SMILES string of the molecule is C[S@](=N)(=O)c1ccc(OC(=O)c2ccc(Cl)cc2)cc1. The Labute approximate surface area is 122 Å². The molecule has 0 aliphatic carbocycles. The maximum atomic E-state index is 11.8. The van der Waals surface area contributed by atoms with Crippen LogP contribution in [0.1, 0.15) is 10.4 Å². The number of halogens is 1. The van der Waals surface area contributed by atoms with E-state index in [1.165, 1.54) is 30.5 Å². The summed E-state index contributed by atoms with van der Waals surface area (Å²) >= 11 is 5.74. The molecule has 0 saturated heterocycles. The summed E-state index contributed by atoms with van der Waals surface area (Å²) in [5, 5.41) is 0.541. The Bertz CT molecular complexity index is 722. The minimum Gasteiger partial charge on any atom is -0.423 e. The Balaban J connectivity index is 2.14. The van der Waals surface area contributed by atoms with Crippen molar-refractivity contribution in [2.45, 2.75) is 4.90 Å². The Kier molecular flexibility index (Phi) is 4.11. The standard InChI is InChI=1S/C14H12ClNO3S/c1-20(16,18)13-8-6-12(7-9-13)19-14(17)10-2-4-11(15)5-3-10/h2-9,16H,1H3/t20-/m0/s1. The molecule has 1 atom stereocenters. The lowest BCUT2D eigenvalue weighted by Gasteiger charge is -2.06. The van der Waals surface area contributed by atoms with Crippen LogP contribution in [0, 0.1) is 4.78 Å². The van der Waals surface area contributed by atoms with Gasteiger partial charge in [0.1, 0.15) is 5.75 Å². The topological polar surface area (TPSA) is 67.2 Å². The predicted octanol–water partition coefficient (Wildman–Crippen LogP) is 3.59. The molecule has 2 aromatic rings. The molecule has 0 aliphatic rings. The number of nitrogens with one attached hydrogen (secondary N) is 1. The zero-order valence-corrected chi connectivity index (χ0v) is 12.2. The van der Waals surface area contributed by atoms with Crippen molar-refractivity contribution in [3.8, 4) is 5.75 Å². The van der Waals surface area contributed by atoms with Crippen molar-refractivity contribution in [2.75, 3.05) is 6.26 Å². The highest BCUT2D eigenvalue weighted by molar-refractivity contribution is 7.91. The summed E-state index contributed by atoms with van der Waals surface area (Å²) in [6, 6.07) is 12.4. The van der Waals surface area contributed by atoms with Crippen LogP contribution in [0.5, 0.6) is 5.75 Å². The van der Waals surface area contributed by atoms with Gasteiger partial charge < -0.3 is 4.74 Å². The van der Waals surface area contributed by atoms with Crippen LogP contribution in [0.25, 0.3) is 0 Å². The van der Waals surface area contributed by atoms with Crippen LogP contribution in [0.2, 0.25) is 5.02 Å². The molecule has 0 unspecified atom stereocenters. The van der Waals surface area contributed by atoms with Crippen molar-refractivity contribution in [3.63, 3.8) is 0 Å². The van der Waals surface area contributed by atoms with Gasteiger partial charge in [0.2, 0.25) is 0 Å². The molecule has 4 nitrogen and oxygen atoms in total. The Hall–Kier alpha value is -1.85. The molecular formula is C14H12ClNO3S. The van der Waals surface area contributed by atoms with Gasteiger partial charge in [0.05, 0.1) is 15.3 Å². The summed E-state index contributed by atoms with van der Waals surface area (Å²) in [5.74, 6) is -0.171. The Morgan fingerprint density at radius 2 is 1.65 bits per heavy atom. The van der Waals surface area contributed by atoms with Gasteiger partial charge in [0.25, 0.3) is 0 Å². The van der Waals surface area contributed by atoms with Gasteiger partial charge in [-0.25, -0.2) is 13.8 Å². The van der Waals surface area contributed by atoms with Crippen molar-refractivity contribution >= 4 is 27.3 Å². The molecule has 0 spiro atoms. The number of carbonyl (C=O) groups is 1. The molecule has 0 heterocycles. The van der Waals surface area contributed by atoms with E-state index in [1.807, 2.05) is 0 Å². The van der Waals surface area contributed by atoms with Gasteiger partial charge in [-0.05, 0) is 48.5 Å². The van der Waals surface area contributed by atoms with E-state index in [1.54, 1.807) is 24.3 Å². The fraction of sp³-hybridized carbons (Fsp3) is 0.0714. The number of rotatable bonds is 3. The van der Waals surface area contributed by atoms with E-state index in [4.69, 9.17) is 21.1 Å². The normalized spacial score (nSPS) is 13.5. The Morgan fingerprint density at radius 1 is 1.10 bits per heavy atom. The molecule has 0 amide bonds. The van der Waals surface area contributed by atoms with Gasteiger partial charge in [-0.1, -0.05) is 11.6 Å². The second-order valence-corrected chi connectivity index (χ2v) is 6.81. The van der Waals surface area contributed by atoms with Crippen molar-refractivity contribution in [2.24, 2.45) is 0 Å². The van der Waals surface area contributed by atoms with Crippen LogP contribution in [0.3, 0.4) is 0 Å². The predicted molar refractivity (Wildman–Crippen MR) is 77.9 cm³/mol. The molecule has 2 rings (SSSR count). The van der Waals surface area contributed by atoms with Gasteiger partial charge in [-0.3, -0.25) is 0 Å². The van der Waals surface area contributed by atoms with E-state index in [2.05, 4.69) is 0 Å². The summed E-state index contributed by atoms with van der Waals surface area (Å²) in [6.45, 7) is 0. The zero-order chi connectivity index (χ0) is 14.8. The Morgan fingerprint density at radius 3 is 2.15 bits per heavy atom. The smallest absolute Gasteiger partial charge is 0.343 e. The molecule has 104 valence electrons. The number of ether oxygens (including phenoxy) is 1. The largest absolute Gasteiger partial charge is 0.423 e. The summed E-state index contributed by atoms with van der Waals surface area (Å²) in [4.78, 5) is 12.2. The van der Waals surface area contributed by atoms with Crippen molar-refractivity contribution in [3.05, 3.63) is 59.1 Å². The summed E-state index contributed by atoms with van der Waals surface area (Å²) in [5.41, 5.74) is 0.387. The maximum absolute atomic E-state index is 11.8. The molecule has 6 heteroatoms. The van der Waals surface area contributed by atoms with Crippen molar-refractivity contribution in [1.29, 1.82) is 4.78 Å². The number of esters is 1. The second kappa shape index (κ2) is 5.64. The molecule has 0 fully saturated rings. The number of hydrogen-bond donors (Lipinski definition) is 1. The van der Waals surface area contributed by atoms with Crippen LogP contribution in [-0.4, -0.2) is 16.4 Å². The zero-order valence-electron chi connectivity index (χ0n) is 10.6. The summed E-state index contributed by atoms with van der Waals surface area (Å²) < 4.78 is 24.1. The van der Waals surface area contributed by atoms with Crippen LogP contribution in [-0.2, 0) is 9.73 Å². The minimum atomic E-state index is -2.76. The average Bonchev–Trinajstić information content (AvgIpc) is 2.39. The minimum absolute atomic E-state index is 0.331. The molecule has 0 aromatic heterocycles. The van der Waals surface area contributed by atoms with Gasteiger partial charge >= 0.3 is 5.97 Å². The van der Waals surface area contributed by atoms with Gasteiger partial charge in [-0.2, -0.15) is 0 Å². The van der Waals surface area contributed by atoms with E-state index >= 15 is 0 Å². The van der Waals surface area contributed by atoms with Crippen LogP contribution >= 0.6 is 11.6 Å². The highest BCUT2D eigenvalue weighted by Gasteiger charge is 2.09. The fourth-order valence-electron chi connectivity index (χ4n) is 1.52. The lowest BCUT2D eigenvalue weighted by Crippen LogP contribution is -2.08. The number of benzene rings is 2. The first-order chi connectivity index (χ1) is 9.36. The van der Waals surface area contributed by atoms with E-state index in [-0.39, 0.29) is 0 Å². The van der Waals surface area contributed by atoms with E-state index in [0.717, 1.165) is 0 Å². The van der Waals surface area contributed by atoms with Crippen LogP contribution in [0.4, 0.5) is 0 Å². The van der Waals surface area contributed by atoms with E-state index in [0.29, 0.717) is 21.2 Å². The lowest BCUT2D eigenvalue weighted by atomic mass is 10.2.